The van der Waals surface area contributed by atoms with E-state index in [1.807, 2.05) is 18.2 Å². The Balaban J connectivity index is 0.00000420. The third-order valence-corrected chi connectivity index (χ3v) is 4.84. The first kappa shape index (κ1) is 26.0. The summed E-state index contributed by atoms with van der Waals surface area (Å²) in [6.07, 6.45) is 3.40. The molecule has 166 valence electrons. The molecule has 1 aromatic carbocycles. The Hall–Kier alpha value is -1.06. The molecule has 0 radical (unpaired) electrons. The lowest BCUT2D eigenvalue weighted by atomic mass is 10.1. The first-order valence-electron chi connectivity index (χ1n) is 10.5. The third-order valence-electron chi connectivity index (χ3n) is 4.84. The fourth-order valence-corrected chi connectivity index (χ4v) is 3.27. The number of halogens is 1. The zero-order chi connectivity index (χ0) is 20.2. The zero-order valence-electron chi connectivity index (χ0n) is 18.4. The van der Waals surface area contributed by atoms with E-state index in [1.54, 1.807) is 7.11 Å². The number of nitrogens with one attached hydrogen (secondary N) is 1. The van der Waals surface area contributed by atoms with E-state index >= 15 is 0 Å². The van der Waals surface area contributed by atoms with Gasteiger partial charge in [0.25, 0.3) is 0 Å². The van der Waals surface area contributed by atoms with Crippen LogP contribution in [0.5, 0.6) is 5.75 Å². The SMILES string of the molecule is CCNC(=NCC(C)Oc1ccccc1C)N1CCC(OCCCOC)CC1.I. The number of para-hydroxylation sites is 1. The smallest absolute Gasteiger partial charge is 0.194 e. The van der Waals surface area contributed by atoms with Crippen molar-refractivity contribution in [2.45, 2.75) is 52.2 Å². The van der Waals surface area contributed by atoms with Crippen molar-refractivity contribution in [3.63, 3.8) is 0 Å². The van der Waals surface area contributed by atoms with Gasteiger partial charge in [-0.25, -0.2) is 4.99 Å². The third kappa shape index (κ3) is 9.53. The standard InChI is InChI=1S/C22H37N3O3.HI/c1-5-23-22(24-17-19(3)28-21-10-7-6-9-18(21)2)25-13-11-20(12-14-25)27-16-8-15-26-4;/h6-7,9-10,19-20H,5,8,11-17H2,1-4H3,(H,23,24);1H. The fraction of sp³-hybridized carbons (Fsp3) is 0.682. The highest BCUT2D eigenvalue weighted by atomic mass is 127. The molecule has 1 aliphatic rings. The van der Waals surface area contributed by atoms with Gasteiger partial charge in [-0.05, 0) is 51.7 Å². The molecule has 1 heterocycles. The van der Waals surface area contributed by atoms with Gasteiger partial charge >= 0.3 is 0 Å². The molecule has 1 saturated heterocycles. The number of piperidine rings is 1. The molecule has 6 nitrogen and oxygen atoms in total. The van der Waals surface area contributed by atoms with Gasteiger partial charge in [-0.1, -0.05) is 18.2 Å². The van der Waals surface area contributed by atoms with Crippen LogP contribution in [0.25, 0.3) is 0 Å². The minimum atomic E-state index is 0. The lowest BCUT2D eigenvalue weighted by Gasteiger charge is -2.34. The lowest BCUT2D eigenvalue weighted by Crippen LogP contribution is -2.47. The summed E-state index contributed by atoms with van der Waals surface area (Å²) in [7, 11) is 1.73. The van der Waals surface area contributed by atoms with Crippen LogP contribution in [0.3, 0.4) is 0 Å². The molecule has 0 aliphatic carbocycles. The molecule has 1 unspecified atom stereocenters. The largest absolute Gasteiger partial charge is 0.489 e. The van der Waals surface area contributed by atoms with Crippen molar-refractivity contribution in [3.05, 3.63) is 29.8 Å². The molecule has 0 bridgehead atoms. The van der Waals surface area contributed by atoms with Gasteiger partial charge in [-0.15, -0.1) is 24.0 Å². The zero-order valence-corrected chi connectivity index (χ0v) is 20.7. The molecule has 1 atom stereocenters. The highest BCUT2D eigenvalue weighted by molar-refractivity contribution is 14.0. The molecule has 2 rings (SSSR count). The van der Waals surface area contributed by atoms with Crippen LogP contribution in [-0.4, -0.2) is 69.6 Å². The Morgan fingerprint density at radius 3 is 2.62 bits per heavy atom. The summed E-state index contributed by atoms with van der Waals surface area (Å²) < 4.78 is 17.1. The number of guanidine groups is 1. The van der Waals surface area contributed by atoms with Crippen molar-refractivity contribution in [2.24, 2.45) is 4.99 Å². The van der Waals surface area contributed by atoms with Crippen LogP contribution >= 0.6 is 24.0 Å². The van der Waals surface area contributed by atoms with Crippen molar-refractivity contribution in [3.8, 4) is 5.75 Å². The molecule has 1 fully saturated rings. The second-order valence-corrected chi connectivity index (χ2v) is 7.29. The maximum absolute atomic E-state index is 6.06. The van der Waals surface area contributed by atoms with Crippen LogP contribution in [0.1, 0.15) is 38.7 Å². The Bertz CT molecular complexity index is 592. The number of hydrogen-bond acceptors (Lipinski definition) is 4. The Morgan fingerprint density at radius 1 is 1.24 bits per heavy atom. The average Bonchev–Trinajstić information content (AvgIpc) is 2.71. The second kappa shape index (κ2) is 14.8. The Kier molecular flexibility index (Phi) is 13.3. The number of nitrogens with zero attached hydrogens (tertiary/aromatic N) is 2. The summed E-state index contributed by atoms with van der Waals surface area (Å²) in [5.74, 6) is 1.90. The summed E-state index contributed by atoms with van der Waals surface area (Å²) in [5.41, 5.74) is 1.15. The predicted molar refractivity (Wildman–Crippen MR) is 130 cm³/mol. The van der Waals surface area contributed by atoms with Crippen LogP contribution in [0, 0.1) is 6.92 Å². The van der Waals surface area contributed by atoms with Crippen molar-refractivity contribution in [2.75, 3.05) is 46.5 Å². The van der Waals surface area contributed by atoms with E-state index in [-0.39, 0.29) is 30.1 Å². The van der Waals surface area contributed by atoms with Gasteiger partial charge in [-0.3, -0.25) is 0 Å². The second-order valence-electron chi connectivity index (χ2n) is 7.29. The van der Waals surface area contributed by atoms with Gasteiger partial charge in [0, 0.05) is 40.0 Å². The van der Waals surface area contributed by atoms with Crippen molar-refractivity contribution < 1.29 is 14.2 Å². The highest BCUT2D eigenvalue weighted by Crippen LogP contribution is 2.18. The molecule has 7 heteroatoms. The summed E-state index contributed by atoms with van der Waals surface area (Å²) in [6.45, 7) is 11.2. The number of methoxy groups -OCH3 is 1. The summed E-state index contributed by atoms with van der Waals surface area (Å²) in [6, 6.07) is 8.11. The molecular formula is C22H38IN3O3. The monoisotopic (exact) mass is 519 g/mol. The summed E-state index contributed by atoms with van der Waals surface area (Å²) >= 11 is 0. The number of aliphatic imine (C=N–C) groups is 1. The van der Waals surface area contributed by atoms with Gasteiger partial charge in [0.15, 0.2) is 5.96 Å². The van der Waals surface area contributed by atoms with Crippen LogP contribution in [0.4, 0.5) is 0 Å². The molecule has 1 N–H and O–H groups in total. The van der Waals surface area contributed by atoms with Crippen LogP contribution in [0.15, 0.2) is 29.3 Å². The molecule has 0 spiro atoms. The molecule has 0 aromatic heterocycles. The van der Waals surface area contributed by atoms with Gasteiger partial charge < -0.3 is 24.4 Å². The van der Waals surface area contributed by atoms with Gasteiger partial charge in [0.1, 0.15) is 11.9 Å². The van der Waals surface area contributed by atoms with Crippen LogP contribution < -0.4 is 10.1 Å². The van der Waals surface area contributed by atoms with Crippen molar-refractivity contribution in [1.82, 2.24) is 10.2 Å². The molecule has 0 amide bonds. The minimum Gasteiger partial charge on any atom is -0.489 e. The Labute approximate surface area is 193 Å². The number of likely N-dealkylation sites (tertiary alicyclic amines) is 1. The first-order chi connectivity index (χ1) is 13.6. The molecule has 1 aromatic rings. The molecule has 29 heavy (non-hydrogen) atoms. The number of benzene rings is 1. The molecule has 1 aliphatic heterocycles. The lowest BCUT2D eigenvalue weighted by molar-refractivity contribution is 0.00988. The fourth-order valence-electron chi connectivity index (χ4n) is 3.27. The van der Waals surface area contributed by atoms with E-state index in [9.17, 15) is 0 Å². The Morgan fingerprint density at radius 2 is 1.97 bits per heavy atom. The van der Waals surface area contributed by atoms with Crippen LogP contribution in [0.2, 0.25) is 0 Å². The quantitative estimate of drug-likeness (QED) is 0.220. The van der Waals surface area contributed by atoms with Gasteiger partial charge in [0.2, 0.25) is 0 Å². The maximum atomic E-state index is 6.06. The predicted octanol–water partition coefficient (Wildman–Crippen LogP) is 3.86. The topological polar surface area (TPSA) is 55.3 Å². The van der Waals surface area contributed by atoms with Crippen molar-refractivity contribution in [1.29, 1.82) is 0 Å². The first-order valence-corrected chi connectivity index (χ1v) is 10.5. The van der Waals surface area contributed by atoms with Crippen LogP contribution in [-0.2, 0) is 9.47 Å². The van der Waals surface area contributed by atoms with Crippen molar-refractivity contribution >= 4 is 29.9 Å². The summed E-state index contributed by atoms with van der Waals surface area (Å²) in [5, 5.41) is 3.42. The van der Waals surface area contributed by atoms with E-state index in [2.05, 4.69) is 37.1 Å². The number of rotatable bonds is 10. The summed E-state index contributed by atoms with van der Waals surface area (Å²) in [4.78, 5) is 7.16. The van der Waals surface area contributed by atoms with Gasteiger partial charge in [0.05, 0.1) is 12.6 Å². The maximum Gasteiger partial charge on any atom is 0.194 e. The van der Waals surface area contributed by atoms with E-state index in [0.29, 0.717) is 12.6 Å². The number of hydrogen-bond donors (Lipinski definition) is 1. The van der Waals surface area contributed by atoms with Gasteiger partial charge in [-0.2, -0.15) is 0 Å². The normalized spacial score (nSPS) is 16.3. The number of aryl methyl sites for hydroxylation is 1. The average molecular weight is 519 g/mol. The molecular weight excluding hydrogens is 481 g/mol. The highest BCUT2D eigenvalue weighted by Gasteiger charge is 2.22. The minimum absolute atomic E-state index is 0. The van der Waals surface area contributed by atoms with E-state index < -0.39 is 0 Å². The molecule has 0 saturated carbocycles. The number of ether oxygens (including phenoxy) is 3. The van der Waals surface area contributed by atoms with E-state index in [1.165, 1.54) is 0 Å². The van der Waals surface area contributed by atoms with E-state index in [0.717, 1.165) is 69.4 Å². The van der Waals surface area contributed by atoms with E-state index in [4.69, 9.17) is 19.2 Å².